The lowest BCUT2D eigenvalue weighted by atomic mass is 10.2. The van der Waals surface area contributed by atoms with Crippen LogP contribution in [0.5, 0.6) is 11.5 Å². The molecule has 0 saturated heterocycles. The molecule has 1 aliphatic rings. The SMILES string of the molecule is COc1cc(CNC2CC2)ccc1OCCCC#N. The summed E-state index contributed by atoms with van der Waals surface area (Å²) in [6.45, 7) is 1.42. The summed E-state index contributed by atoms with van der Waals surface area (Å²) < 4.78 is 11.0. The summed E-state index contributed by atoms with van der Waals surface area (Å²) in [4.78, 5) is 0. The average molecular weight is 260 g/mol. The minimum Gasteiger partial charge on any atom is -0.493 e. The van der Waals surface area contributed by atoms with E-state index in [1.807, 2.05) is 12.1 Å². The van der Waals surface area contributed by atoms with Gasteiger partial charge in [-0.15, -0.1) is 0 Å². The van der Waals surface area contributed by atoms with Crippen molar-refractivity contribution in [2.75, 3.05) is 13.7 Å². The van der Waals surface area contributed by atoms with Gasteiger partial charge in [-0.25, -0.2) is 0 Å². The van der Waals surface area contributed by atoms with E-state index in [2.05, 4.69) is 17.5 Å². The van der Waals surface area contributed by atoms with Crippen LogP contribution in [-0.4, -0.2) is 19.8 Å². The summed E-state index contributed by atoms with van der Waals surface area (Å²) in [6, 6.07) is 8.81. The van der Waals surface area contributed by atoms with Crippen molar-refractivity contribution in [3.05, 3.63) is 23.8 Å². The molecule has 4 heteroatoms. The van der Waals surface area contributed by atoms with Crippen molar-refractivity contribution in [1.29, 1.82) is 5.26 Å². The number of nitrogens with one attached hydrogen (secondary N) is 1. The molecular weight excluding hydrogens is 240 g/mol. The molecular formula is C15H20N2O2. The molecule has 0 unspecified atom stereocenters. The zero-order chi connectivity index (χ0) is 13.5. The minimum absolute atomic E-state index is 0.520. The molecule has 1 aromatic rings. The normalized spacial score (nSPS) is 13.9. The molecule has 0 bridgehead atoms. The van der Waals surface area contributed by atoms with Crippen molar-refractivity contribution in [1.82, 2.24) is 5.32 Å². The molecule has 0 heterocycles. The zero-order valence-electron chi connectivity index (χ0n) is 11.3. The molecule has 0 atom stereocenters. The Kier molecular flexibility index (Phi) is 5.05. The minimum atomic E-state index is 0.520. The highest BCUT2D eigenvalue weighted by molar-refractivity contribution is 5.43. The molecule has 0 radical (unpaired) electrons. The number of nitrogens with zero attached hydrogens (tertiary/aromatic N) is 1. The summed E-state index contributed by atoms with van der Waals surface area (Å²) in [5.41, 5.74) is 1.20. The first-order valence-corrected chi connectivity index (χ1v) is 6.73. The third kappa shape index (κ3) is 4.46. The molecule has 1 N–H and O–H groups in total. The number of unbranched alkanes of at least 4 members (excludes halogenated alkanes) is 1. The van der Waals surface area contributed by atoms with E-state index in [-0.39, 0.29) is 0 Å². The Labute approximate surface area is 114 Å². The van der Waals surface area contributed by atoms with Gasteiger partial charge in [0.1, 0.15) is 0 Å². The van der Waals surface area contributed by atoms with Crippen molar-refractivity contribution in [3.63, 3.8) is 0 Å². The van der Waals surface area contributed by atoms with Gasteiger partial charge in [-0.3, -0.25) is 0 Å². The lowest BCUT2D eigenvalue weighted by Crippen LogP contribution is -2.15. The van der Waals surface area contributed by atoms with Gasteiger partial charge in [0.15, 0.2) is 11.5 Å². The van der Waals surface area contributed by atoms with E-state index in [0.717, 1.165) is 24.5 Å². The maximum Gasteiger partial charge on any atom is 0.161 e. The molecule has 19 heavy (non-hydrogen) atoms. The molecule has 0 aliphatic heterocycles. The van der Waals surface area contributed by atoms with Crippen molar-refractivity contribution >= 4 is 0 Å². The summed E-state index contributed by atoms with van der Waals surface area (Å²) in [5.74, 6) is 1.50. The predicted molar refractivity (Wildman–Crippen MR) is 73.2 cm³/mol. The van der Waals surface area contributed by atoms with Crippen LogP contribution in [0.2, 0.25) is 0 Å². The van der Waals surface area contributed by atoms with E-state index in [4.69, 9.17) is 14.7 Å². The second-order valence-electron chi connectivity index (χ2n) is 4.75. The van der Waals surface area contributed by atoms with Gasteiger partial charge in [-0.2, -0.15) is 5.26 Å². The Morgan fingerprint density at radius 2 is 2.21 bits per heavy atom. The first-order chi connectivity index (χ1) is 9.33. The molecule has 1 fully saturated rings. The lowest BCUT2D eigenvalue weighted by Gasteiger charge is -2.12. The van der Waals surface area contributed by atoms with Crippen molar-refractivity contribution < 1.29 is 9.47 Å². The molecule has 1 aromatic carbocycles. The van der Waals surface area contributed by atoms with Crippen LogP contribution in [0, 0.1) is 11.3 Å². The quantitative estimate of drug-likeness (QED) is 0.730. The molecule has 1 saturated carbocycles. The largest absolute Gasteiger partial charge is 0.493 e. The van der Waals surface area contributed by atoms with Gasteiger partial charge in [-0.05, 0) is 37.0 Å². The highest BCUT2D eigenvalue weighted by atomic mass is 16.5. The van der Waals surface area contributed by atoms with Crippen LogP contribution in [0.25, 0.3) is 0 Å². The number of rotatable bonds is 8. The van der Waals surface area contributed by atoms with Gasteiger partial charge in [0, 0.05) is 19.0 Å². The fourth-order valence-corrected chi connectivity index (χ4v) is 1.82. The second kappa shape index (κ2) is 7.01. The van der Waals surface area contributed by atoms with E-state index in [1.165, 1.54) is 18.4 Å². The van der Waals surface area contributed by atoms with Crippen molar-refractivity contribution in [3.8, 4) is 17.6 Å². The third-order valence-electron chi connectivity index (χ3n) is 3.09. The third-order valence-corrected chi connectivity index (χ3v) is 3.09. The number of ether oxygens (including phenoxy) is 2. The van der Waals surface area contributed by atoms with Gasteiger partial charge < -0.3 is 14.8 Å². The summed E-state index contributed by atoms with van der Waals surface area (Å²) in [6.07, 6.45) is 3.84. The predicted octanol–water partition coefficient (Wildman–Crippen LogP) is 2.63. The van der Waals surface area contributed by atoms with Crippen LogP contribution in [0.3, 0.4) is 0 Å². The molecule has 2 rings (SSSR count). The standard InChI is InChI=1S/C15H20N2O2/c1-18-15-10-12(11-17-13-5-6-13)4-7-14(15)19-9-3-2-8-16/h4,7,10,13,17H,2-3,5-6,9,11H2,1H3. The summed E-state index contributed by atoms with van der Waals surface area (Å²) in [7, 11) is 1.65. The van der Waals surface area contributed by atoms with Gasteiger partial charge in [0.2, 0.25) is 0 Å². The first-order valence-electron chi connectivity index (χ1n) is 6.73. The van der Waals surface area contributed by atoms with Crippen LogP contribution in [0.15, 0.2) is 18.2 Å². The highest BCUT2D eigenvalue weighted by Crippen LogP contribution is 2.28. The summed E-state index contributed by atoms with van der Waals surface area (Å²) >= 11 is 0. The number of benzene rings is 1. The van der Waals surface area contributed by atoms with Gasteiger partial charge in [0.25, 0.3) is 0 Å². The molecule has 0 amide bonds. The van der Waals surface area contributed by atoms with Crippen LogP contribution in [0.1, 0.15) is 31.2 Å². The maximum atomic E-state index is 8.47. The van der Waals surface area contributed by atoms with Crippen molar-refractivity contribution in [2.24, 2.45) is 0 Å². The highest BCUT2D eigenvalue weighted by Gasteiger charge is 2.20. The average Bonchev–Trinajstić information content (AvgIpc) is 3.26. The van der Waals surface area contributed by atoms with Gasteiger partial charge in [-0.1, -0.05) is 6.07 Å². The number of hydrogen-bond donors (Lipinski definition) is 1. The fourth-order valence-electron chi connectivity index (χ4n) is 1.82. The van der Waals surface area contributed by atoms with E-state index >= 15 is 0 Å². The smallest absolute Gasteiger partial charge is 0.161 e. The monoisotopic (exact) mass is 260 g/mol. The molecule has 4 nitrogen and oxygen atoms in total. The maximum absolute atomic E-state index is 8.47. The van der Waals surface area contributed by atoms with Crippen LogP contribution < -0.4 is 14.8 Å². The number of nitriles is 1. The van der Waals surface area contributed by atoms with E-state index in [1.54, 1.807) is 7.11 Å². The topological polar surface area (TPSA) is 54.3 Å². The fraction of sp³-hybridized carbons (Fsp3) is 0.533. The van der Waals surface area contributed by atoms with Crippen molar-refractivity contribution in [2.45, 2.75) is 38.3 Å². The Hall–Kier alpha value is -1.73. The lowest BCUT2D eigenvalue weighted by molar-refractivity contribution is 0.290. The Bertz CT molecular complexity index is 450. The Morgan fingerprint density at radius 3 is 2.89 bits per heavy atom. The molecule has 1 aliphatic carbocycles. The molecule has 0 aromatic heterocycles. The summed E-state index contributed by atoms with van der Waals surface area (Å²) in [5, 5.41) is 11.9. The number of hydrogen-bond acceptors (Lipinski definition) is 4. The second-order valence-corrected chi connectivity index (χ2v) is 4.75. The van der Waals surface area contributed by atoms with E-state index in [0.29, 0.717) is 19.1 Å². The van der Waals surface area contributed by atoms with Crippen LogP contribution in [0.4, 0.5) is 0 Å². The van der Waals surface area contributed by atoms with Gasteiger partial charge >= 0.3 is 0 Å². The Morgan fingerprint density at radius 1 is 1.37 bits per heavy atom. The van der Waals surface area contributed by atoms with E-state index < -0.39 is 0 Å². The van der Waals surface area contributed by atoms with Crippen LogP contribution >= 0.6 is 0 Å². The molecule has 0 spiro atoms. The van der Waals surface area contributed by atoms with Crippen LogP contribution in [-0.2, 0) is 6.54 Å². The first kappa shape index (κ1) is 13.7. The number of methoxy groups -OCH3 is 1. The zero-order valence-corrected chi connectivity index (χ0v) is 11.3. The molecule has 102 valence electrons. The van der Waals surface area contributed by atoms with Gasteiger partial charge in [0.05, 0.1) is 19.8 Å². The van der Waals surface area contributed by atoms with E-state index in [9.17, 15) is 0 Å². The Balaban J connectivity index is 1.89.